The van der Waals surface area contributed by atoms with Crippen molar-refractivity contribution in [2.24, 2.45) is 5.73 Å². The van der Waals surface area contributed by atoms with Crippen molar-refractivity contribution in [3.05, 3.63) is 21.0 Å². The molecular weight excluding hydrogens is 328 g/mol. The zero-order chi connectivity index (χ0) is 11.4. The molecule has 15 heavy (non-hydrogen) atoms. The summed E-state index contributed by atoms with van der Waals surface area (Å²) in [4.78, 5) is 10.6. The third kappa shape index (κ3) is 4.36. The van der Waals surface area contributed by atoms with E-state index >= 15 is 0 Å². The van der Waals surface area contributed by atoms with Crippen LogP contribution < -0.4 is 11.1 Å². The smallest absolute Gasteiger partial charge is 0.218 e. The Morgan fingerprint density at radius 2 is 2.33 bits per heavy atom. The molecule has 1 unspecified atom stereocenters. The Balaban J connectivity index is 2.40. The van der Waals surface area contributed by atoms with Gasteiger partial charge in [0.15, 0.2) is 4.67 Å². The first kappa shape index (κ1) is 12.7. The van der Waals surface area contributed by atoms with E-state index in [-0.39, 0.29) is 11.9 Å². The largest absolute Gasteiger partial charge is 0.452 e. The normalized spacial score (nSPS) is 12.7. The van der Waals surface area contributed by atoms with Crippen LogP contribution in [0.4, 0.5) is 0 Å². The van der Waals surface area contributed by atoms with Crippen molar-refractivity contribution in [1.82, 2.24) is 5.32 Å². The lowest BCUT2D eigenvalue weighted by atomic mass is 10.2. The van der Waals surface area contributed by atoms with Crippen molar-refractivity contribution in [1.29, 1.82) is 0 Å². The van der Waals surface area contributed by atoms with E-state index in [2.05, 4.69) is 37.2 Å². The molecule has 1 aromatic rings. The Hall–Kier alpha value is -0.330. The molecular formula is C9H12Br2N2O2. The SMILES string of the molecule is CC(CC(N)=O)NCc1cc(Br)c(Br)o1. The number of nitrogens with two attached hydrogens (primary N) is 1. The molecule has 1 aromatic heterocycles. The highest BCUT2D eigenvalue weighted by Gasteiger charge is 2.09. The summed E-state index contributed by atoms with van der Waals surface area (Å²) in [5.74, 6) is 0.488. The van der Waals surface area contributed by atoms with Crippen molar-refractivity contribution < 1.29 is 9.21 Å². The van der Waals surface area contributed by atoms with E-state index < -0.39 is 0 Å². The Kier molecular flexibility index (Phi) is 4.82. The minimum atomic E-state index is -0.309. The minimum absolute atomic E-state index is 0.0464. The summed E-state index contributed by atoms with van der Waals surface area (Å²) in [6.45, 7) is 2.47. The third-order valence-corrected chi connectivity index (χ3v) is 3.54. The van der Waals surface area contributed by atoms with Crippen molar-refractivity contribution in [2.75, 3.05) is 0 Å². The third-order valence-electron chi connectivity index (χ3n) is 1.83. The van der Waals surface area contributed by atoms with Crippen molar-refractivity contribution in [2.45, 2.75) is 25.9 Å². The van der Waals surface area contributed by atoms with Gasteiger partial charge in [-0.25, -0.2) is 0 Å². The minimum Gasteiger partial charge on any atom is -0.452 e. The topological polar surface area (TPSA) is 68.3 Å². The predicted octanol–water partition coefficient (Wildman–Crippen LogP) is 2.16. The summed E-state index contributed by atoms with van der Waals surface area (Å²) in [7, 11) is 0. The quantitative estimate of drug-likeness (QED) is 0.863. The fraction of sp³-hybridized carbons (Fsp3) is 0.444. The first-order valence-electron chi connectivity index (χ1n) is 4.44. The number of hydrogen-bond acceptors (Lipinski definition) is 3. The summed E-state index contributed by atoms with van der Waals surface area (Å²) in [6.07, 6.45) is 0.322. The number of carbonyl (C=O) groups is 1. The van der Waals surface area contributed by atoms with Crippen LogP contribution in [0.15, 0.2) is 19.6 Å². The van der Waals surface area contributed by atoms with Gasteiger partial charge in [-0.3, -0.25) is 4.79 Å². The van der Waals surface area contributed by atoms with Gasteiger partial charge in [-0.05, 0) is 44.8 Å². The summed E-state index contributed by atoms with van der Waals surface area (Å²) >= 11 is 6.57. The van der Waals surface area contributed by atoms with Crippen LogP contribution in [-0.4, -0.2) is 11.9 Å². The van der Waals surface area contributed by atoms with E-state index in [4.69, 9.17) is 10.2 Å². The molecule has 1 rings (SSSR count). The van der Waals surface area contributed by atoms with Gasteiger partial charge in [-0.1, -0.05) is 0 Å². The molecule has 0 radical (unpaired) electrons. The Labute approximate surface area is 105 Å². The van der Waals surface area contributed by atoms with E-state index in [1.807, 2.05) is 13.0 Å². The van der Waals surface area contributed by atoms with Crippen LogP contribution in [0.25, 0.3) is 0 Å². The standard InChI is InChI=1S/C9H12Br2N2O2/c1-5(2-8(12)14)13-4-6-3-7(10)9(11)15-6/h3,5,13H,2,4H2,1H3,(H2,12,14). The Morgan fingerprint density at radius 3 is 2.80 bits per heavy atom. The maximum Gasteiger partial charge on any atom is 0.218 e. The lowest BCUT2D eigenvalue weighted by Crippen LogP contribution is -2.30. The second-order valence-corrected chi connectivity index (χ2v) is 4.86. The van der Waals surface area contributed by atoms with Gasteiger partial charge in [0.2, 0.25) is 5.91 Å². The van der Waals surface area contributed by atoms with Gasteiger partial charge in [-0.2, -0.15) is 0 Å². The van der Waals surface area contributed by atoms with Gasteiger partial charge in [0.25, 0.3) is 0 Å². The summed E-state index contributed by atoms with van der Waals surface area (Å²) in [5, 5.41) is 3.13. The molecule has 6 heteroatoms. The van der Waals surface area contributed by atoms with Crippen LogP contribution in [0.1, 0.15) is 19.1 Å². The van der Waals surface area contributed by atoms with Crippen LogP contribution in [0.5, 0.6) is 0 Å². The number of amides is 1. The summed E-state index contributed by atoms with van der Waals surface area (Å²) < 4.78 is 6.91. The van der Waals surface area contributed by atoms with Gasteiger partial charge in [0.1, 0.15) is 5.76 Å². The molecule has 3 N–H and O–H groups in total. The fourth-order valence-corrected chi connectivity index (χ4v) is 1.79. The number of carbonyl (C=O) groups excluding carboxylic acids is 1. The molecule has 0 spiro atoms. The zero-order valence-electron chi connectivity index (χ0n) is 8.22. The van der Waals surface area contributed by atoms with E-state index in [1.54, 1.807) is 0 Å². The van der Waals surface area contributed by atoms with Crippen LogP contribution in [0.2, 0.25) is 0 Å². The number of furan rings is 1. The van der Waals surface area contributed by atoms with Crippen LogP contribution in [-0.2, 0) is 11.3 Å². The maximum absolute atomic E-state index is 10.6. The average Bonchev–Trinajstić information content (AvgIpc) is 2.42. The molecule has 0 bridgehead atoms. The highest BCUT2D eigenvalue weighted by atomic mass is 79.9. The second-order valence-electron chi connectivity index (χ2n) is 3.29. The maximum atomic E-state index is 10.6. The Bertz CT molecular complexity index is 332. The molecule has 4 nitrogen and oxygen atoms in total. The fourth-order valence-electron chi connectivity index (χ4n) is 1.13. The molecule has 84 valence electrons. The molecule has 0 saturated carbocycles. The first-order chi connectivity index (χ1) is 6.99. The van der Waals surface area contributed by atoms with E-state index in [9.17, 15) is 4.79 Å². The van der Waals surface area contributed by atoms with Crippen molar-refractivity contribution in [3.63, 3.8) is 0 Å². The summed E-state index contributed by atoms with van der Waals surface area (Å²) in [6, 6.07) is 1.92. The molecule has 0 aliphatic carbocycles. The summed E-state index contributed by atoms with van der Waals surface area (Å²) in [5.41, 5.74) is 5.07. The molecule has 0 aromatic carbocycles. The van der Waals surface area contributed by atoms with Gasteiger partial charge in [0.05, 0.1) is 11.0 Å². The first-order valence-corrected chi connectivity index (χ1v) is 6.03. The number of hydrogen-bond donors (Lipinski definition) is 2. The van der Waals surface area contributed by atoms with Crippen LogP contribution in [0, 0.1) is 0 Å². The van der Waals surface area contributed by atoms with E-state index in [0.717, 1.165) is 10.2 Å². The van der Waals surface area contributed by atoms with Crippen molar-refractivity contribution in [3.8, 4) is 0 Å². The monoisotopic (exact) mass is 338 g/mol. The molecule has 0 aliphatic rings. The predicted molar refractivity (Wildman–Crippen MR) is 64.2 cm³/mol. The molecule has 0 aliphatic heterocycles. The molecule has 0 saturated heterocycles. The Morgan fingerprint density at radius 1 is 1.67 bits per heavy atom. The second kappa shape index (κ2) is 5.67. The lowest BCUT2D eigenvalue weighted by molar-refractivity contribution is -0.118. The number of nitrogens with one attached hydrogen (secondary N) is 1. The molecule has 1 atom stereocenters. The number of rotatable bonds is 5. The van der Waals surface area contributed by atoms with Gasteiger partial charge >= 0.3 is 0 Å². The average molecular weight is 340 g/mol. The van der Waals surface area contributed by atoms with Crippen molar-refractivity contribution >= 4 is 37.8 Å². The zero-order valence-corrected chi connectivity index (χ0v) is 11.4. The van der Waals surface area contributed by atoms with E-state index in [0.29, 0.717) is 17.6 Å². The number of primary amides is 1. The van der Waals surface area contributed by atoms with E-state index in [1.165, 1.54) is 0 Å². The molecule has 1 heterocycles. The molecule has 1 amide bonds. The molecule has 0 fully saturated rings. The highest BCUT2D eigenvalue weighted by molar-refractivity contribution is 9.13. The van der Waals surface area contributed by atoms with Crippen LogP contribution >= 0.6 is 31.9 Å². The van der Waals surface area contributed by atoms with Crippen LogP contribution in [0.3, 0.4) is 0 Å². The lowest BCUT2D eigenvalue weighted by Gasteiger charge is -2.09. The number of halogens is 2. The van der Waals surface area contributed by atoms with Gasteiger partial charge < -0.3 is 15.5 Å². The highest BCUT2D eigenvalue weighted by Crippen LogP contribution is 2.26. The van der Waals surface area contributed by atoms with Gasteiger partial charge in [0, 0.05) is 12.5 Å². The van der Waals surface area contributed by atoms with Gasteiger partial charge in [-0.15, -0.1) is 0 Å².